The normalized spacial score (nSPS) is 12.5. The highest BCUT2D eigenvalue weighted by molar-refractivity contribution is 7.21. The Labute approximate surface area is 128 Å². The Balaban J connectivity index is 2.14. The van der Waals surface area contributed by atoms with E-state index in [9.17, 15) is 4.79 Å². The van der Waals surface area contributed by atoms with Gasteiger partial charge in [-0.1, -0.05) is 13.3 Å². The monoisotopic (exact) mass is 307 g/mol. The maximum atomic E-state index is 12.3. The van der Waals surface area contributed by atoms with Crippen LogP contribution in [0.2, 0.25) is 0 Å². The molecule has 0 aromatic carbocycles. The molecular formula is C15H21N3O2S. The lowest BCUT2D eigenvalue weighted by Gasteiger charge is -2.13. The van der Waals surface area contributed by atoms with Crippen LogP contribution in [0.15, 0.2) is 12.1 Å². The van der Waals surface area contributed by atoms with Crippen molar-refractivity contribution in [2.75, 3.05) is 18.9 Å². The van der Waals surface area contributed by atoms with E-state index in [1.54, 1.807) is 0 Å². The first kappa shape index (κ1) is 15.7. The number of hydrogen-bond acceptors (Lipinski definition) is 5. The molecular weight excluding hydrogens is 286 g/mol. The number of carbonyl (C=O) groups excluding carboxylic acids is 1. The van der Waals surface area contributed by atoms with Gasteiger partial charge in [0, 0.05) is 24.2 Å². The summed E-state index contributed by atoms with van der Waals surface area (Å²) in [5.74, 6) is 0.125. The molecule has 0 aliphatic heterocycles. The smallest absolute Gasteiger partial charge is 0.263 e. The van der Waals surface area contributed by atoms with Crippen molar-refractivity contribution in [1.82, 2.24) is 10.3 Å². The highest BCUT2D eigenvalue weighted by Crippen LogP contribution is 2.32. The standard InChI is InChI=1S/C15H21N3O2S/c1-3-10(6-7-19)8-17-14(20)13-12(16)11-5-4-9(2)18-15(11)21-13/h4-5,10,19H,3,6-8,16H2,1-2H3,(H,17,20). The second-order valence-electron chi connectivity index (χ2n) is 5.15. The lowest BCUT2D eigenvalue weighted by Crippen LogP contribution is -2.29. The van der Waals surface area contributed by atoms with Gasteiger partial charge in [0.05, 0.1) is 5.69 Å². The predicted molar refractivity (Wildman–Crippen MR) is 86.6 cm³/mol. The number of aliphatic hydroxyl groups is 1. The molecule has 1 atom stereocenters. The molecule has 0 radical (unpaired) electrons. The van der Waals surface area contributed by atoms with Gasteiger partial charge in [-0.25, -0.2) is 4.98 Å². The number of nitrogens with zero attached hydrogens (tertiary/aromatic N) is 1. The van der Waals surface area contributed by atoms with E-state index in [-0.39, 0.29) is 18.4 Å². The van der Waals surface area contributed by atoms with Crippen molar-refractivity contribution in [1.29, 1.82) is 0 Å². The number of nitrogens with one attached hydrogen (secondary N) is 1. The molecule has 0 aliphatic carbocycles. The highest BCUT2D eigenvalue weighted by atomic mass is 32.1. The van der Waals surface area contributed by atoms with E-state index in [0.717, 1.165) is 22.3 Å². The molecule has 2 aromatic heterocycles. The quantitative estimate of drug-likeness (QED) is 0.764. The summed E-state index contributed by atoms with van der Waals surface area (Å²) in [5.41, 5.74) is 7.46. The van der Waals surface area contributed by atoms with Gasteiger partial charge in [-0.3, -0.25) is 4.79 Å². The van der Waals surface area contributed by atoms with Crippen LogP contribution in [0.3, 0.4) is 0 Å². The number of nitrogens with two attached hydrogens (primary N) is 1. The van der Waals surface area contributed by atoms with Crippen LogP contribution in [0, 0.1) is 12.8 Å². The van der Waals surface area contributed by atoms with Crippen LogP contribution in [0.25, 0.3) is 10.2 Å². The van der Waals surface area contributed by atoms with Crippen LogP contribution < -0.4 is 11.1 Å². The molecule has 5 nitrogen and oxygen atoms in total. The molecule has 1 amide bonds. The summed E-state index contributed by atoms with van der Waals surface area (Å²) in [6.07, 6.45) is 1.61. The second-order valence-corrected chi connectivity index (χ2v) is 6.15. The van der Waals surface area contributed by atoms with Gasteiger partial charge in [0.1, 0.15) is 9.71 Å². The molecule has 0 saturated heterocycles. The summed E-state index contributed by atoms with van der Waals surface area (Å²) >= 11 is 1.32. The molecule has 6 heteroatoms. The topological polar surface area (TPSA) is 88.2 Å². The van der Waals surface area contributed by atoms with Crippen molar-refractivity contribution >= 4 is 33.1 Å². The van der Waals surface area contributed by atoms with Crippen molar-refractivity contribution in [2.24, 2.45) is 5.92 Å². The van der Waals surface area contributed by atoms with E-state index in [2.05, 4.69) is 10.3 Å². The second kappa shape index (κ2) is 6.87. The van der Waals surface area contributed by atoms with Crippen molar-refractivity contribution in [2.45, 2.75) is 26.7 Å². The van der Waals surface area contributed by atoms with Crippen LogP contribution in [-0.2, 0) is 0 Å². The van der Waals surface area contributed by atoms with Gasteiger partial charge in [-0.2, -0.15) is 0 Å². The minimum atomic E-state index is -0.162. The fourth-order valence-corrected chi connectivity index (χ4v) is 3.26. The maximum Gasteiger partial charge on any atom is 0.263 e. The molecule has 0 saturated carbocycles. The van der Waals surface area contributed by atoms with Crippen LogP contribution >= 0.6 is 11.3 Å². The fraction of sp³-hybridized carbons (Fsp3) is 0.467. The van der Waals surface area contributed by atoms with Gasteiger partial charge in [-0.15, -0.1) is 11.3 Å². The number of aliphatic hydroxyl groups excluding tert-OH is 1. The largest absolute Gasteiger partial charge is 0.397 e. The Morgan fingerprint density at radius 3 is 2.95 bits per heavy atom. The van der Waals surface area contributed by atoms with E-state index in [4.69, 9.17) is 10.8 Å². The first-order valence-corrected chi connectivity index (χ1v) is 7.93. The fourth-order valence-electron chi connectivity index (χ4n) is 2.21. The Kier molecular flexibility index (Phi) is 5.14. The van der Waals surface area contributed by atoms with E-state index < -0.39 is 0 Å². The molecule has 2 heterocycles. The Morgan fingerprint density at radius 1 is 1.52 bits per heavy atom. The molecule has 2 rings (SSSR count). The van der Waals surface area contributed by atoms with Crippen molar-refractivity contribution in [3.8, 4) is 0 Å². The molecule has 0 fully saturated rings. The first-order chi connectivity index (χ1) is 10.1. The number of nitrogen functional groups attached to an aromatic ring is 1. The number of amides is 1. The van der Waals surface area contributed by atoms with Crippen LogP contribution in [0.4, 0.5) is 5.69 Å². The zero-order chi connectivity index (χ0) is 15.4. The number of fused-ring (bicyclic) bond motifs is 1. The van der Waals surface area contributed by atoms with Crippen LogP contribution in [0.1, 0.15) is 35.1 Å². The number of anilines is 1. The van der Waals surface area contributed by atoms with Crippen molar-refractivity contribution in [3.05, 3.63) is 22.7 Å². The summed E-state index contributed by atoms with van der Waals surface area (Å²) in [5, 5.41) is 12.7. The summed E-state index contributed by atoms with van der Waals surface area (Å²) in [7, 11) is 0. The number of hydrogen-bond donors (Lipinski definition) is 3. The number of pyridine rings is 1. The average Bonchev–Trinajstić information content (AvgIpc) is 2.79. The first-order valence-electron chi connectivity index (χ1n) is 7.11. The minimum absolute atomic E-state index is 0.141. The Morgan fingerprint density at radius 2 is 2.29 bits per heavy atom. The van der Waals surface area contributed by atoms with Gasteiger partial charge >= 0.3 is 0 Å². The molecule has 114 valence electrons. The molecule has 2 aromatic rings. The third kappa shape index (κ3) is 3.51. The molecule has 1 unspecified atom stereocenters. The third-order valence-electron chi connectivity index (χ3n) is 3.61. The molecule has 4 N–H and O–H groups in total. The predicted octanol–water partition coefficient (Wildman–Crippen LogP) is 2.33. The van der Waals surface area contributed by atoms with Gasteiger partial charge in [0.15, 0.2) is 0 Å². The Hall–Kier alpha value is -1.66. The SMILES string of the molecule is CCC(CCO)CNC(=O)c1sc2nc(C)ccc2c1N. The zero-order valence-electron chi connectivity index (χ0n) is 12.3. The molecule has 0 spiro atoms. The molecule has 21 heavy (non-hydrogen) atoms. The van der Waals surface area contributed by atoms with Gasteiger partial charge in [-0.05, 0) is 31.4 Å². The van der Waals surface area contributed by atoms with Gasteiger partial charge in [0.25, 0.3) is 5.91 Å². The zero-order valence-corrected chi connectivity index (χ0v) is 13.2. The summed E-state index contributed by atoms with van der Waals surface area (Å²) < 4.78 is 0. The Bertz CT molecular complexity index is 639. The lowest BCUT2D eigenvalue weighted by molar-refractivity contribution is 0.0948. The van der Waals surface area contributed by atoms with Crippen molar-refractivity contribution < 1.29 is 9.90 Å². The number of carbonyl (C=O) groups is 1. The van der Waals surface area contributed by atoms with Crippen LogP contribution in [0.5, 0.6) is 0 Å². The number of rotatable bonds is 6. The lowest BCUT2D eigenvalue weighted by atomic mass is 10.0. The van der Waals surface area contributed by atoms with E-state index in [1.807, 2.05) is 26.0 Å². The third-order valence-corrected chi connectivity index (χ3v) is 4.72. The number of aryl methyl sites for hydroxylation is 1. The van der Waals surface area contributed by atoms with E-state index in [1.165, 1.54) is 11.3 Å². The minimum Gasteiger partial charge on any atom is -0.397 e. The summed E-state index contributed by atoms with van der Waals surface area (Å²) in [6.45, 7) is 4.65. The van der Waals surface area contributed by atoms with Gasteiger partial charge < -0.3 is 16.2 Å². The summed E-state index contributed by atoms with van der Waals surface area (Å²) in [6, 6.07) is 3.79. The number of aromatic nitrogens is 1. The highest BCUT2D eigenvalue weighted by Gasteiger charge is 2.18. The average molecular weight is 307 g/mol. The molecule has 0 bridgehead atoms. The molecule has 0 aliphatic rings. The van der Waals surface area contributed by atoms with Crippen molar-refractivity contribution in [3.63, 3.8) is 0 Å². The van der Waals surface area contributed by atoms with E-state index >= 15 is 0 Å². The van der Waals surface area contributed by atoms with Crippen LogP contribution in [-0.4, -0.2) is 29.1 Å². The van der Waals surface area contributed by atoms with E-state index in [0.29, 0.717) is 23.5 Å². The maximum absolute atomic E-state index is 12.3. The van der Waals surface area contributed by atoms with Gasteiger partial charge in [0.2, 0.25) is 0 Å². The number of thiophene rings is 1. The summed E-state index contributed by atoms with van der Waals surface area (Å²) in [4.78, 5) is 18.0.